The minimum Gasteiger partial charge on any atom is -0.406 e. The van der Waals surface area contributed by atoms with Gasteiger partial charge in [0, 0.05) is 30.2 Å². The second kappa shape index (κ2) is 5.60. The van der Waals surface area contributed by atoms with E-state index in [1.165, 1.54) is 25.0 Å². The molecule has 114 valence electrons. The highest BCUT2D eigenvalue weighted by Crippen LogP contribution is 2.27. The molecule has 0 amide bonds. The molecule has 2 heterocycles. The largest absolute Gasteiger partial charge is 0.573 e. The van der Waals surface area contributed by atoms with E-state index in [2.05, 4.69) is 14.2 Å². The lowest BCUT2D eigenvalue weighted by atomic mass is 10.2. The van der Waals surface area contributed by atoms with Gasteiger partial charge < -0.3 is 14.2 Å². The molecule has 0 atom stereocenters. The first-order valence-corrected chi connectivity index (χ1v) is 7.08. The fraction of sp³-hybridized carbons (Fsp3) is 0.467. The van der Waals surface area contributed by atoms with E-state index < -0.39 is 6.36 Å². The molecule has 0 bridgehead atoms. The van der Waals surface area contributed by atoms with E-state index in [4.69, 9.17) is 0 Å². The average Bonchev–Trinajstić information content (AvgIpc) is 3.02. The predicted octanol–water partition coefficient (Wildman–Crippen LogP) is 3.64. The van der Waals surface area contributed by atoms with Crippen molar-refractivity contribution in [3.63, 3.8) is 0 Å². The molecule has 0 saturated carbocycles. The zero-order chi connectivity index (χ0) is 14.9. The van der Waals surface area contributed by atoms with E-state index >= 15 is 0 Å². The van der Waals surface area contributed by atoms with Gasteiger partial charge in [0.1, 0.15) is 5.75 Å². The van der Waals surface area contributed by atoms with Crippen molar-refractivity contribution in [1.29, 1.82) is 0 Å². The number of hydrogen-bond acceptors (Lipinski definition) is 2. The third-order valence-electron chi connectivity index (χ3n) is 3.83. The SMILES string of the molecule is FC(F)(F)Oc1ccc2c(ccn2CCN2CCCC2)c1. The highest BCUT2D eigenvalue weighted by molar-refractivity contribution is 5.81. The maximum Gasteiger partial charge on any atom is 0.573 e. The van der Waals surface area contributed by atoms with Crippen molar-refractivity contribution in [3.05, 3.63) is 30.5 Å². The molecule has 1 fully saturated rings. The number of hydrogen-bond donors (Lipinski definition) is 0. The monoisotopic (exact) mass is 298 g/mol. The van der Waals surface area contributed by atoms with Crippen LogP contribution >= 0.6 is 0 Å². The summed E-state index contributed by atoms with van der Waals surface area (Å²) in [6.07, 6.45) is -0.223. The van der Waals surface area contributed by atoms with Gasteiger partial charge in [0.15, 0.2) is 0 Å². The van der Waals surface area contributed by atoms with E-state index in [1.807, 2.05) is 12.3 Å². The highest BCUT2D eigenvalue weighted by atomic mass is 19.4. The summed E-state index contributed by atoms with van der Waals surface area (Å²) in [6, 6.07) is 6.29. The molecule has 0 N–H and O–H groups in total. The van der Waals surface area contributed by atoms with Crippen LogP contribution in [-0.4, -0.2) is 35.5 Å². The lowest BCUT2D eigenvalue weighted by molar-refractivity contribution is -0.274. The molecular formula is C15H17F3N2O. The maximum atomic E-state index is 12.2. The Balaban J connectivity index is 1.72. The number of rotatable bonds is 4. The Hall–Kier alpha value is -1.69. The molecule has 0 aliphatic carbocycles. The van der Waals surface area contributed by atoms with Crippen LogP contribution in [0.1, 0.15) is 12.8 Å². The van der Waals surface area contributed by atoms with Crippen LogP contribution in [0.5, 0.6) is 5.75 Å². The zero-order valence-corrected chi connectivity index (χ0v) is 11.6. The first-order valence-electron chi connectivity index (χ1n) is 7.08. The van der Waals surface area contributed by atoms with E-state index in [9.17, 15) is 13.2 Å². The van der Waals surface area contributed by atoms with Gasteiger partial charge in [-0.25, -0.2) is 0 Å². The number of nitrogens with zero attached hydrogens (tertiary/aromatic N) is 2. The number of ether oxygens (including phenoxy) is 1. The Labute approximate surface area is 120 Å². The minimum absolute atomic E-state index is 0.174. The molecule has 1 aromatic carbocycles. The van der Waals surface area contributed by atoms with Gasteiger partial charge >= 0.3 is 6.36 Å². The molecule has 0 radical (unpaired) electrons. The number of benzene rings is 1. The van der Waals surface area contributed by atoms with Crippen molar-refractivity contribution in [2.24, 2.45) is 0 Å². The smallest absolute Gasteiger partial charge is 0.406 e. The number of alkyl halides is 3. The highest BCUT2D eigenvalue weighted by Gasteiger charge is 2.31. The topological polar surface area (TPSA) is 17.4 Å². The molecule has 21 heavy (non-hydrogen) atoms. The van der Waals surface area contributed by atoms with Gasteiger partial charge in [-0.2, -0.15) is 0 Å². The van der Waals surface area contributed by atoms with Crippen molar-refractivity contribution in [2.75, 3.05) is 19.6 Å². The summed E-state index contributed by atoms with van der Waals surface area (Å²) >= 11 is 0. The molecule has 3 rings (SSSR count). The summed E-state index contributed by atoms with van der Waals surface area (Å²) in [5, 5.41) is 0.762. The van der Waals surface area contributed by atoms with Crippen molar-refractivity contribution in [2.45, 2.75) is 25.7 Å². The van der Waals surface area contributed by atoms with Crippen LogP contribution in [0, 0.1) is 0 Å². The molecule has 0 spiro atoms. The van der Waals surface area contributed by atoms with E-state index in [-0.39, 0.29) is 5.75 Å². The average molecular weight is 298 g/mol. The second-order valence-corrected chi connectivity index (χ2v) is 5.33. The van der Waals surface area contributed by atoms with E-state index in [0.29, 0.717) is 0 Å². The van der Waals surface area contributed by atoms with Gasteiger partial charge in [-0.15, -0.1) is 13.2 Å². The first-order chi connectivity index (χ1) is 10.0. The molecular weight excluding hydrogens is 281 g/mol. The number of halogens is 3. The van der Waals surface area contributed by atoms with Gasteiger partial charge in [-0.05, 0) is 50.2 Å². The Morgan fingerprint density at radius 2 is 1.81 bits per heavy atom. The Bertz CT molecular complexity index is 615. The van der Waals surface area contributed by atoms with Crippen LogP contribution in [0.15, 0.2) is 30.5 Å². The predicted molar refractivity (Wildman–Crippen MR) is 74.3 cm³/mol. The summed E-state index contributed by atoms with van der Waals surface area (Å²) < 4.78 is 42.6. The van der Waals surface area contributed by atoms with Crippen molar-refractivity contribution in [3.8, 4) is 5.75 Å². The van der Waals surface area contributed by atoms with Gasteiger partial charge in [0.05, 0.1) is 0 Å². The van der Waals surface area contributed by atoms with Crippen molar-refractivity contribution < 1.29 is 17.9 Å². The first kappa shape index (κ1) is 14.3. The Morgan fingerprint density at radius 3 is 2.52 bits per heavy atom. The molecule has 2 aromatic rings. The molecule has 3 nitrogen and oxygen atoms in total. The maximum absolute atomic E-state index is 12.2. The van der Waals surface area contributed by atoms with Crippen LogP contribution < -0.4 is 4.74 Å². The van der Waals surface area contributed by atoms with E-state index in [0.717, 1.165) is 37.1 Å². The lowest BCUT2D eigenvalue weighted by Gasteiger charge is -2.15. The second-order valence-electron chi connectivity index (χ2n) is 5.33. The molecule has 1 aliphatic rings. The molecule has 1 aromatic heterocycles. The van der Waals surface area contributed by atoms with Crippen LogP contribution in [0.4, 0.5) is 13.2 Å². The zero-order valence-electron chi connectivity index (χ0n) is 11.6. The number of likely N-dealkylation sites (tertiary alicyclic amines) is 1. The van der Waals surface area contributed by atoms with Gasteiger partial charge in [-0.1, -0.05) is 0 Å². The van der Waals surface area contributed by atoms with E-state index in [1.54, 1.807) is 6.07 Å². The fourth-order valence-corrected chi connectivity index (χ4v) is 2.83. The van der Waals surface area contributed by atoms with Crippen molar-refractivity contribution >= 4 is 10.9 Å². The summed E-state index contributed by atoms with van der Waals surface area (Å²) in [5.41, 5.74) is 0.934. The fourth-order valence-electron chi connectivity index (χ4n) is 2.83. The van der Waals surface area contributed by atoms with Crippen LogP contribution in [0.2, 0.25) is 0 Å². The normalized spacial score (nSPS) is 16.7. The minimum atomic E-state index is -4.65. The molecule has 6 heteroatoms. The van der Waals surface area contributed by atoms with Gasteiger partial charge in [0.2, 0.25) is 0 Å². The van der Waals surface area contributed by atoms with Crippen LogP contribution in [0.3, 0.4) is 0 Å². The third-order valence-corrected chi connectivity index (χ3v) is 3.83. The summed E-state index contributed by atoms with van der Waals surface area (Å²) in [6.45, 7) is 4.11. The van der Waals surface area contributed by atoms with Crippen LogP contribution in [-0.2, 0) is 6.54 Å². The Kier molecular flexibility index (Phi) is 3.80. The standard InChI is InChI=1S/C15H17F3N2O/c16-15(17,18)21-13-3-4-14-12(11-13)5-8-20(14)10-9-19-6-1-2-7-19/h3-5,8,11H,1-2,6-7,9-10H2. The Morgan fingerprint density at radius 1 is 1.05 bits per heavy atom. The third kappa shape index (κ3) is 3.50. The van der Waals surface area contributed by atoms with Crippen LogP contribution in [0.25, 0.3) is 10.9 Å². The molecule has 1 saturated heterocycles. The number of aromatic nitrogens is 1. The number of fused-ring (bicyclic) bond motifs is 1. The van der Waals surface area contributed by atoms with Gasteiger partial charge in [-0.3, -0.25) is 0 Å². The summed E-state index contributed by atoms with van der Waals surface area (Å²) in [4.78, 5) is 2.41. The summed E-state index contributed by atoms with van der Waals surface area (Å²) in [7, 11) is 0. The lowest BCUT2D eigenvalue weighted by Crippen LogP contribution is -2.23. The molecule has 1 aliphatic heterocycles. The summed E-state index contributed by atoms with van der Waals surface area (Å²) in [5.74, 6) is -0.174. The quantitative estimate of drug-likeness (QED) is 0.857. The van der Waals surface area contributed by atoms with Crippen molar-refractivity contribution in [1.82, 2.24) is 9.47 Å². The van der Waals surface area contributed by atoms with Gasteiger partial charge in [0.25, 0.3) is 0 Å². The molecule has 0 unspecified atom stereocenters.